The first-order chi connectivity index (χ1) is 14.2. The zero-order chi connectivity index (χ0) is 21.5. The lowest BCUT2D eigenvalue weighted by Crippen LogP contribution is -2.45. The Morgan fingerprint density at radius 3 is 2.00 bits per heavy atom. The second-order valence-electron chi connectivity index (χ2n) is 7.97. The van der Waals surface area contributed by atoms with Crippen molar-refractivity contribution >= 4 is 15.7 Å². The van der Waals surface area contributed by atoms with Gasteiger partial charge in [-0.15, -0.1) is 0 Å². The topological polar surface area (TPSA) is 72.6 Å². The van der Waals surface area contributed by atoms with E-state index >= 15 is 0 Å². The van der Waals surface area contributed by atoms with E-state index in [0.29, 0.717) is 19.0 Å². The highest BCUT2D eigenvalue weighted by Gasteiger charge is 2.34. The SMILES string of the molecule is Cc1ccc(-c2nc(S(=O)(=O)c3ccc(C)cc3)c(N3C[C@@H](C)O[C@@H](C)C3)o2)cc1. The molecule has 6 nitrogen and oxygen atoms in total. The summed E-state index contributed by atoms with van der Waals surface area (Å²) >= 11 is 0. The summed E-state index contributed by atoms with van der Waals surface area (Å²) in [5.74, 6) is 0.565. The average molecular weight is 427 g/mol. The van der Waals surface area contributed by atoms with E-state index in [0.717, 1.165) is 16.7 Å². The first kappa shape index (κ1) is 20.6. The van der Waals surface area contributed by atoms with Crippen LogP contribution in [0.25, 0.3) is 11.5 Å². The van der Waals surface area contributed by atoms with Gasteiger partial charge < -0.3 is 14.1 Å². The van der Waals surface area contributed by atoms with Gasteiger partial charge in [-0.05, 0) is 52.0 Å². The van der Waals surface area contributed by atoms with Gasteiger partial charge in [-0.2, -0.15) is 4.98 Å². The molecule has 0 radical (unpaired) electrons. The van der Waals surface area contributed by atoms with Crippen LogP contribution in [0.5, 0.6) is 0 Å². The molecule has 1 aliphatic heterocycles. The van der Waals surface area contributed by atoms with Gasteiger partial charge in [0.25, 0.3) is 0 Å². The molecule has 2 atom stereocenters. The first-order valence-corrected chi connectivity index (χ1v) is 11.5. The third kappa shape index (κ3) is 4.00. The number of hydrogen-bond donors (Lipinski definition) is 0. The Bertz CT molecular complexity index is 1120. The minimum atomic E-state index is -3.85. The highest BCUT2D eigenvalue weighted by atomic mass is 32.2. The van der Waals surface area contributed by atoms with Crippen molar-refractivity contribution in [3.63, 3.8) is 0 Å². The second kappa shape index (κ2) is 7.89. The third-order valence-electron chi connectivity index (χ3n) is 5.17. The molecule has 1 saturated heterocycles. The Hall–Kier alpha value is -2.64. The number of hydrogen-bond acceptors (Lipinski definition) is 6. The van der Waals surface area contributed by atoms with E-state index < -0.39 is 9.84 Å². The smallest absolute Gasteiger partial charge is 0.236 e. The molecular weight excluding hydrogens is 400 g/mol. The van der Waals surface area contributed by atoms with Crippen LogP contribution in [-0.2, 0) is 14.6 Å². The number of ether oxygens (including phenoxy) is 1. The van der Waals surface area contributed by atoms with Crippen LogP contribution in [0.4, 0.5) is 5.88 Å². The summed E-state index contributed by atoms with van der Waals surface area (Å²) < 4.78 is 38.9. The number of nitrogens with zero attached hydrogens (tertiary/aromatic N) is 2. The standard InChI is InChI=1S/C23H26N2O4S/c1-15-5-9-19(10-6-15)21-24-22(30(26,27)20-11-7-16(2)8-12-20)23(29-21)25-13-17(3)28-18(4)14-25/h5-12,17-18H,13-14H2,1-4H3/t17-,18+. The number of sulfone groups is 1. The number of rotatable bonds is 4. The van der Waals surface area contributed by atoms with Crippen LogP contribution in [0.1, 0.15) is 25.0 Å². The quantitative estimate of drug-likeness (QED) is 0.616. The molecule has 0 bridgehead atoms. The summed E-state index contributed by atoms with van der Waals surface area (Å²) in [5.41, 5.74) is 2.83. The molecule has 30 heavy (non-hydrogen) atoms. The zero-order valence-corrected chi connectivity index (χ0v) is 18.4. The van der Waals surface area contributed by atoms with E-state index in [9.17, 15) is 8.42 Å². The number of benzene rings is 2. The molecule has 1 aromatic heterocycles. The molecule has 0 spiro atoms. The van der Waals surface area contributed by atoms with Crippen molar-refractivity contribution < 1.29 is 17.6 Å². The van der Waals surface area contributed by atoms with Crippen molar-refractivity contribution in [1.29, 1.82) is 0 Å². The number of aryl methyl sites for hydroxylation is 2. The molecule has 1 fully saturated rings. The fraction of sp³-hybridized carbons (Fsp3) is 0.348. The summed E-state index contributed by atoms with van der Waals surface area (Å²) in [5, 5.41) is -0.0526. The van der Waals surface area contributed by atoms with Gasteiger partial charge in [0.05, 0.1) is 17.1 Å². The molecule has 2 aromatic carbocycles. The lowest BCUT2D eigenvalue weighted by molar-refractivity contribution is -0.00657. The number of anilines is 1. The predicted molar refractivity (Wildman–Crippen MR) is 116 cm³/mol. The number of aromatic nitrogens is 1. The van der Waals surface area contributed by atoms with Crippen LogP contribution in [0.3, 0.4) is 0 Å². The summed E-state index contributed by atoms with van der Waals surface area (Å²) in [6, 6.07) is 14.5. The number of oxazole rings is 1. The van der Waals surface area contributed by atoms with Crippen LogP contribution >= 0.6 is 0 Å². The van der Waals surface area contributed by atoms with Crippen molar-refractivity contribution in [2.24, 2.45) is 0 Å². The zero-order valence-electron chi connectivity index (χ0n) is 17.6. The van der Waals surface area contributed by atoms with E-state index in [4.69, 9.17) is 9.15 Å². The van der Waals surface area contributed by atoms with E-state index in [1.54, 1.807) is 24.3 Å². The minimum absolute atomic E-state index is 0.0448. The van der Waals surface area contributed by atoms with Gasteiger partial charge in [-0.25, -0.2) is 8.42 Å². The van der Waals surface area contributed by atoms with Crippen molar-refractivity contribution in [3.05, 3.63) is 59.7 Å². The Balaban J connectivity index is 1.85. The van der Waals surface area contributed by atoms with Gasteiger partial charge in [0, 0.05) is 18.7 Å². The lowest BCUT2D eigenvalue weighted by atomic mass is 10.1. The van der Waals surface area contributed by atoms with Crippen LogP contribution in [0, 0.1) is 13.8 Å². The Kier molecular flexibility index (Phi) is 5.42. The van der Waals surface area contributed by atoms with Crippen LogP contribution in [0.15, 0.2) is 62.9 Å². The maximum Gasteiger partial charge on any atom is 0.236 e. The van der Waals surface area contributed by atoms with Crippen LogP contribution in [0.2, 0.25) is 0 Å². The van der Waals surface area contributed by atoms with Gasteiger partial charge in [0.2, 0.25) is 26.6 Å². The fourth-order valence-electron chi connectivity index (χ4n) is 3.67. The van der Waals surface area contributed by atoms with Gasteiger partial charge in [-0.1, -0.05) is 35.4 Å². The van der Waals surface area contributed by atoms with Gasteiger partial charge in [-0.3, -0.25) is 0 Å². The summed E-state index contributed by atoms with van der Waals surface area (Å²) in [6.07, 6.45) is -0.0896. The molecule has 0 saturated carbocycles. The van der Waals surface area contributed by atoms with Crippen LogP contribution in [-0.4, -0.2) is 38.7 Å². The molecule has 4 rings (SSSR count). The Labute approximate surface area is 177 Å². The van der Waals surface area contributed by atoms with Gasteiger partial charge in [0.15, 0.2) is 0 Å². The molecule has 0 N–H and O–H groups in total. The first-order valence-electron chi connectivity index (χ1n) is 10.0. The fourth-order valence-corrected chi connectivity index (χ4v) is 4.99. The lowest BCUT2D eigenvalue weighted by Gasteiger charge is -2.35. The molecule has 1 aliphatic rings. The van der Waals surface area contributed by atoms with Crippen LogP contribution < -0.4 is 4.90 Å². The molecule has 158 valence electrons. The predicted octanol–water partition coefficient (Wildman–Crippen LogP) is 4.40. The van der Waals surface area contributed by atoms with E-state index in [1.807, 2.05) is 56.9 Å². The van der Waals surface area contributed by atoms with E-state index in [1.165, 1.54) is 0 Å². The molecule has 0 aliphatic carbocycles. The van der Waals surface area contributed by atoms with E-state index in [2.05, 4.69) is 4.98 Å². The molecule has 2 heterocycles. The Morgan fingerprint density at radius 2 is 1.43 bits per heavy atom. The summed E-state index contributed by atoms with van der Waals surface area (Å²) in [4.78, 5) is 6.59. The highest BCUT2D eigenvalue weighted by molar-refractivity contribution is 7.91. The van der Waals surface area contributed by atoms with E-state index in [-0.39, 0.29) is 28.0 Å². The highest BCUT2D eigenvalue weighted by Crippen LogP contribution is 2.36. The second-order valence-corrected chi connectivity index (χ2v) is 9.84. The van der Waals surface area contributed by atoms with Crippen molar-refractivity contribution in [1.82, 2.24) is 4.98 Å². The maximum atomic E-state index is 13.5. The normalized spacial score (nSPS) is 19.8. The third-order valence-corrected chi connectivity index (χ3v) is 6.84. The molecule has 7 heteroatoms. The summed E-state index contributed by atoms with van der Waals surface area (Å²) in [7, 11) is -3.85. The van der Waals surface area contributed by atoms with Crippen molar-refractivity contribution in [2.75, 3.05) is 18.0 Å². The molecule has 0 unspecified atom stereocenters. The average Bonchev–Trinajstić information content (AvgIpc) is 3.14. The van der Waals surface area contributed by atoms with Gasteiger partial charge in [0.1, 0.15) is 0 Å². The number of morpholine rings is 1. The molecule has 0 amide bonds. The monoisotopic (exact) mass is 426 g/mol. The minimum Gasteiger partial charge on any atom is -0.419 e. The molecular formula is C23H26N2O4S. The summed E-state index contributed by atoms with van der Waals surface area (Å²) in [6.45, 7) is 8.91. The van der Waals surface area contributed by atoms with Gasteiger partial charge >= 0.3 is 0 Å². The largest absolute Gasteiger partial charge is 0.419 e. The van der Waals surface area contributed by atoms with Crippen molar-refractivity contribution in [2.45, 2.75) is 49.8 Å². The molecule has 3 aromatic rings. The Morgan fingerprint density at radius 1 is 0.900 bits per heavy atom. The maximum absolute atomic E-state index is 13.5. The van der Waals surface area contributed by atoms with Crippen molar-refractivity contribution in [3.8, 4) is 11.5 Å².